The molecule has 0 aliphatic carbocycles. The van der Waals surface area contributed by atoms with E-state index in [1.165, 1.54) is 0 Å². The Kier molecular flexibility index (Phi) is 4.26. The van der Waals surface area contributed by atoms with Crippen LogP contribution in [0.3, 0.4) is 0 Å². The highest BCUT2D eigenvalue weighted by atomic mass is 19.1. The van der Waals surface area contributed by atoms with Gasteiger partial charge in [-0.2, -0.15) is 5.10 Å². The number of rotatable bonds is 3. The van der Waals surface area contributed by atoms with E-state index in [2.05, 4.69) is 22.4 Å². The molecule has 0 saturated heterocycles. The van der Waals surface area contributed by atoms with Crippen molar-refractivity contribution in [3.05, 3.63) is 51.5 Å². The van der Waals surface area contributed by atoms with E-state index < -0.39 is 0 Å². The highest BCUT2D eigenvalue weighted by Crippen LogP contribution is 2.27. The van der Waals surface area contributed by atoms with Gasteiger partial charge in [0.25, 0.3) is 0 Å². The topological polar surface area (TPSA) is 37.8 Å². The number of halogens is 1. The van der Waals surface area contributed by atoms with Crippen LogP contribution in [0.5, 0.6) is 0 Å². The molecule has 0 aliphatic rings. The van der Waals surface area contributed by atoms with E-state index in [0.717, 1.165) is 39.3 Å². The lowest BCUT2D eigenvalue weighted by Gasteiger charge is -2.21. The smallest absolute Gasteiger partial charge is 0.152 e. The zero-order valence-corrected chi connectivity index (χ0v) is 13.5. The number of hydrogen-bond donors (Lipinski definition) is 1. The average Bonchev–Trinajstić information content (AvgIpc) is 2.38. The summed E-state index contributed by atoms with van der Waals surface area (Å²) in [5.41, 5.74) is 6.19. The standard InChI is InChI=1S/C17H22FN3/c1-9-7-15(18)8-10(2)16(9)14(6)19-17-12(4)11(3)13(5)20-21-17/h7-8,14H,1-6H3,(H,19,21)/t14-/m0/s1. The molecule has 21 heavy (non-hydrogen) atoms. The molecule has 2 rings (SSSR count). The van der Waals surface area contributed by atoms with Crippen molar-refractivity contribution in [3.8, 4) is 0 Å². The largest absolute Gasteiger partial charge is 0.362 e. The van der Waals surface area contributed by atoms with Crippen LogP contribution in [-0.4, -0.2) is 10.2 Å². The predicted octanol–water partition coefficient (Wildman–Crippen LogP) is 4.33. The molecule has 0 fully saturated rings. The minimum atomic E-state index is -0.192. The van der Waals surface area contributed by atoms with Crippen LogP contribution in [0.15, 0.2) is 12.1 Å². The normalized spacial score (nSPS) is 12.3. The summed E-state index contributed by atoms with van der Waals surface area (Å²) in [4.78, 5) is 0. The van der Waals surface area contributed by atoms with E-state index in [9.17, 15) is 4.39 Å². The maximum atomic E-state index is 13.4. The molecule has 1 aromatic heterocycles. The van der Waals surface area contributed by atoms with Gasteiger partial charge in [-0.25, -0.2) is 4.39 Å². The van der Waals surface area contributed by atoms with Crippen molar-refractivity contribution < 1.29 is 4.39 Å². The number of hydrogen-bond acceptors (Lipinski definition) is 3. The molecule has 0 amide bonds. The van der Waals surface area contributed by atoms with Gasteiger partial charge in [-0.3, -0.25) is 0 Å². The number of nitrogens with zero attached hydrogens (tertiary/aromatic N) is 2. The van der Waals surface area contributed by atoms with Gasteiger partial charge in [0.05, 0.1) is 11.7 Å². The molecule has 0 radical (unpaired) electrons. The molecule has 1 N–H and O–H groups in total. The quantitative estimate of drug-likeness (QED) is 0.913. The van der Waals surface area contributed by atoms with Gasteiger partial charge in [-0.1, -0.05) is 0 Å². The van der Waals surface area contributed by atoms with E-state index in [4.69, 9.17) is 0 Å². The van der Waals surface area contributed by atoms with Crippen LogP contribution in [-0.2, 0) is 0 Å². The van der Waals surface area contributed by atoms with Gasteiger partial charge in [-0.15, -0.1) is 5.10 Å². The first kappa shape index (κ1) is 15.4. The average molecular weight is 287 g/mol. The van der Waals surface area contributed by atoms with Crippen LogP contribution < -0.4 is 5.32 Å². The molecule has 4 heteroatoms. The lowest BCUT2D eigenvalue weighted by molar-refractivity contribution is 0.623. The minimum Gasteiger partial charge on any atom is -0.362 e. The Morgan fingerprint density at radius 3 is 2.10 bits per heavy atom. The summed E-state index contributed by atoms with van der Waals surface area (Å²) in [5.74, 6) is 0.594. The third-order valence-electron chi connectivity index (χ3n) is 4.11. The minimum absolute atomic E-state index is 0.0423. The molecule has 1 aromatic carbocycles. The Morgan fingerprint density at radius 2 is 1.52 bits per heavy atom. The highest BCUT2D eigenvalue weighted by Gasteiger charge is 2.15. The Bertz CT molecular complexity index is 657. The Balaban J connectivity index is 2.35. The number of anilines is 1. The maximum absolute atomic E-state index is 13.4. The van der Waals surface area contributed by atoms with Gasteiger partial charge >= 0.3 is 0 Å². The molecule has 0 bridgehead atoms. The van der Waals surface area contributed by atoms with Crippen molar-refractivity contribution in [2.45, 2.75) is 47.6 Å². The van der Waals surface area contributed by atoms with E-state index >= 15 is 0 Å². The summed E-state index contributed by atoms with van der Waals surface area (Å²) in [6.07, 6.45) is 0. The fraction of sp³-hybridized carbons (Fsp3) is 0.412. The van der Waals surface area contributed by atoms with E-state index in [1.54, 1.807) is 12.1 Å². The summed E-state index contributed by atoms with van der Waals surface area (Å²) in [6, 6.07) is 3.18. The first-order chi connectivity index (χ1) is 9.81. The van der Waals surface area contributed by atoms with Crippen LogP contribution in [0.2, 0.25) is 0 Å². The molecule has 2 aromatic rings. The first-order valence-corrected chi connectivity index (χ1v) is 7.15. The van der Waals surface area contributed by atoms with Crippen LogP contribution in [0, 0.1) is 40.4 Å². The van der Waals surface area contributed by atoms with Crippen LogP contribution >= 0.6 is 0 Å². The number of aryl methyl sites for hydroxylation is 3. The fourth-order valence-electron chi connectivity index (χ4n) is 2.74. The predicted molar refractivity (Wildman–Crippen MR) is 84.2 cm³/mol. The van der Waals surface area contributed by atoms with E-state index in [1.807, 2.05) is 34.6 Å². The molecule has 0 spiro atoms. The van der Waals surface area contributed by atoms with Crippen molar-refractivity contribution in [3.63, 3.8) is 0 Å². The molecule has 0 aliphatic heterocycles. The number of benzene rings is 1. The lowest BCUT2D eigenvalue weighted by atomic mass is 9.96. The van der Waals surface area contributed by atoms with Crippen molar-refractivity contribution in [1.82, 2.24) is 10.2 Å². The van der Waals surface area contributed by atoms with E-state index in [-0.39, 0.29) is 11.9 Å². The Labute approximate surface area is 125 Å². The van der Waals surface area contributed by atoms with E-state index in [0.29, 0.717) is 0 Å². The van der Waals surface area contributed by atoms with Gasteiger partial charge in [0.1, 0.15) is 5.82 Å². The third kappa shape index (κ3) is 3.04. The van der Waals surface area contributed by atoms with Crippen LogP contribution in [0.4, 0.5) is 10.2 Å². The molecule has 1 atom stereocenters. The molecule has 0 unspecified atom stereocenters. The second-order valence-electron chi connectivity index (χ2n) is 5.70. The van der Waals surface area contributed by atoms with Crippen molar-refractivity contribution in [2.24, 2.45) is 0 Å². The van der Waals surface area contributed by atoms with Gasteiger partial charge in [0.15, 0.2) is 5.82 Å². The molecule has 1 heterocycles. The molecule has 3 nitrogen and oxygen atoms in total. The zero-order valence-electron chi connectivity index (χ0n) is 13.5. The first-order valence-electron chi connectivity index (χ1n) is 7.15. The molecule has 112 valence electrons. The maximum Gasteiger partial charge on any atom is 0.152 e. The molecular weight excluding hydrogens is 265 g/mol. The second-order valence-corrected chi connectivity index (χ2v) is 5.70. The monoisotopic (exact) mass is 287 g/mol. The summed E-state index contributed by atoms with van der Waals surface area (Å²) < 4.78 is 13.4. The van der Waals surface area contributed by atoms with Crippen molar-refractivity contribution >= 4 is 5.82 Å². The second kappa shape index (κ2) is 5.80. The summed E-state index contributed by atoms with van der Waals surface area (Å²) in [6.45, 7) is 12.0. The van der Waals surface area contributed by atoms with Gasteiger partial charge < -0.3 is 5.32 Å². The molecular formula is C17H22FN3. The lowest BCUT2D eigenvalue weighted by Crippen LogP contribution is -2.14. The van der Waals surface area contributed by atoms with Crippen LogP contribution in [0.1, 0.15) is 46.5 Å². The van der Waals surface area contributed by atoms with Gasteiger partial charge in [0.2, 0.25) is 0 Å². The third-order valence-corrected chi connectivity index (χ3v) is 4.11. The Morgan fingerprint density at radius 1 is 0.952 bits per heavy atom. The van der Waals surface area contributed by atoms with Crippen molar-refractivity contribution in [2.75, 3.05) is 5.32 Å². The fourth-order valence-corrected chi connectivity index (χ4v) is 2.74. The Hall–Kier alpha value is -1.97. The number of nitrogens with one attached hydrogen (secondary N) is 1. The highest BCUT2D eigenvalue weighted by molar-refractivity contribution is 5.50. The number of aromatic nitrogens is 2. The molecule has 0 saturated carbocycles. The SMILES string of the molecule is Cc1cc(F)cc(C)c1[C@H](C)Nc1nnc(C)c(C)c1C. The van der Waals surface area contributed by atoms with Gasteiger partial charge in [-0.05, 0) is 81.5 Å². The zero-order chi connectivity index (χ0) is 15.7. The van der Waals surface area contributed by atoms with Crippen LogP contribution in [0.25, 0.3) is 0 Å². The summed E-state index contributed by atoms with van der Waals surface area (Å²) >= 11 is 0. The van der Waals surface area contributed by atoms with Crippen molar-refractivity contribution in [1.29, 1.82) is 0 Å². The summed E-state index contributed by atoms with van der Waals surface area (Å²) in [7, 11) is 0. The summed E-state index contributed by atoms with van der Waals surface area (Å²) in [5, 5.41) is 11.8. The van der Waals surface area contributed by atoms with Gasteiger partial charge in [0, 0.05) is 0 Å².